The Kier molecular flexibility index (Phi) is 7.20. The molecule has 0 bridgehead atoms. The average molecular weight is 357 g/mol. The molecule has 0 fully saturated rings. The highest BCUT2D eigenvalue weighted by atomic mass is 35.5. The van der Waals surface area contributed by atoms with Gasteiger partial charge >= 0.3 is 6.09 Å². The fourth-order valence-corrected chi connectivity index (χ4v) is 2.62. The van der Waals surface area contributed by atoms with Crippen LogP contribution < -0.4 is 10.6 Å². The molecule has 0 radical (unpaired) electrons. The Labute approximate surface area is 147 Å². The maximum Gasteiger partial charge on any atom is 0.406 e. The first-order valence-electron chi connectivity index (χ1n) is 7.68. The molecule has 0 aliphatic carbocycles. The van der Waals surface area contributed by atoms with Crippen LogP contribution in [0, 0.1) is 5.41 Å². The second-order valence-corrected chi connectivity index (χ2v) is 7.08. The van der Waals surface area contributed by atoms with Gasteiger partial charge in [-0.3, -0.25) is 15.4 Å². The van der Waals surface area contributed by atoms with E-state index in [4.69, 9.17) is 16.7 Å². The SMILES string of the molecule is CC(C)(C)[C@@](C=O)(NC(=O)O)N[C@@H](Cc1ccccc1)[C@@H](O)CCl. The molecule has 0 aliphatic rings. The van der Waals surface area contributed by atoms with Gasteiger partial charge in [0.25, 0.3) is 0 Å². The molecule has 134 valence electrons. The summed E-state index contributed by atoms with van der Waals surface area (Å²) >= 11 is 5.79. The molecular formula is C17H25ClN2O4. The van der Waals surface area contributed by atoms with Crippen LogP contribution in [-0.4, -0.2) is 46.3 Å². The Morgan fingerprint density at radius 2 is 1.88 bits per heavy atom. The quantitative estimate of drug-likeness (QED) is 0.324. The van der Waals surface area contributed by atoms with Crippen LogP contribution >= 0.6 is 11.6 Å². The predicted molar refractivity (Wildman–Crippen MR) is 93.2 cm³/mol. The molecule has 0 spiro atoms. The molecule has 0 saturated carbocycles. The first-order valence-corrected chi connectivity index (χ1v) is 8.21. The zero-order valence-corrected chi connectivity index (χ0v) is 14.9. The third-order valence-electron chi connectivity index (χ3n) is 4.00. The van der Waals surface area contributed by atoms with Gasteiger partial charge in [0.05, 0.1) is 6.10 Å². The molecule has 6 nitrogen and oxygen atoms in total. The molecule has 1 amide bonds. The summed E-state index contributed by atoms with van der Waals surface area (Å²) in [7, 11) is 0. The summed E-state index contributed by atoms with van der Waals surface area (Å²) in [6, 6.07) is 8.78. The van der Waals surface area contributed by atoms with E-state index < -0.39 is 29.3 Å². The van der Waals surface area contributed by atoms with Crippen molar-refractivity contribution in [3.05, 3.63) is 35.9 Å². The van der Waals surface area contributed by atoms with E-state index in [9.17, 15) is 14.7 Å². The van der Waals surface area contributed by atoms with Gasteiger partial charge in [0.2, 0.25) is 0 Å². The van der Waals surface area contributed by atoms with Crippen LogP contribution in [0.2, 0.25) is 0 Å². The van der Waals surface area contributed by atoms with Crippen molar-refractivity contribution in [2.24, 2.45) is 5.41 Å². The lowest BCUT2D eigenvalue weighted by Gasteiger charge is -2.44. The van der Waals surface area contributed by atoms with E-state index in [0.29, 0.717) is 12.7 Å². The van der Waals surface area contributed by atoms with E-state index in [1.807, 2.05) is 30.3 Å². The number of hydrogen-bond acceptors (Lipinski definition) is 4. The van der Waals surface area contributed by atoms with Crippen LogP contribution in [0.5, 0.6) is 0 Å². The summed E-state index contributed by atoms with van der Waals surface area (Å²) in [4.78, 5) is 23.0. The molecular weight excluding hydrogens is 332 g/mol. The number of amides is 1. The predicted octanol–water partition coefficient (Wildman–Crippen LogP) is 2.00. The topological polar surface area (TPSA) is 98.7 Å². The molecule has 0 unspecified atom stereocenters. The third-order valence-corrected chi connectivity index (χ3v) is 4.31. The number of aliphatic hydroxyl groups is 1. The fraction of sp³-hybridized carbons (Fsp3) is 0.529. The van der Waals surface area contributed by atoms with Gasteiger partial charge in [0, 0.05) is 17.3 Å². The molecule has 0 aliphatic heterocycles. The molecule has 24 heavy (non-hydrogen) atoms. The maximum atomic E-state index is 11.8. The highest BCUT2D eigenvalue weighted by Crippen LogP contribution is 2.28. The van der Waals surface area contributed by atoms with E-state index >= 15 is 0 Å². The van der Waals surface area contributed by atoms with Gasteiger partial charge in [0.15, 0.2) is 11.9 Å². The highest BCUT2D eigenvalue weighted by Gasteiger charge is 2.45. The summed E-state index contributed by atoms with van der Waals surface area (Å²) in [5.74, 6) is -0.0450. The molecule has 3 atom stereocenters. The first-order chi connectivity index (χ1) is 11.1. The summed E-state index contributed by atoms with van der Waals surface area (Å²) in [5, 5.41) is 24.7. The van der Waals surface area contributed by atoms with Crippen LogP contribution in [0.15, 0.2) is 30.3 Å². The summed E-state index contributed by atoms with van der Waals surface area (Å²) in [6.45, 7) is 5.20. The molecule has 0 saturated heterocycles. The van der Waals surface area contributed by atoms with Crippen molar-refractivity contribution in [1.29, 1.82) is 0 Å². The number of nitrogens with one attached hydrogen (secondary N) is 2. The van der Waals surface area contributed by atoms with Crippen molar-refractivity contribution < 1.29 is 19.8 Å². The van der Waals surface area contributed by atoms with Gasteiger partial charge in [0.1, 0.15) is 0 Å². The normalized spacial score (nSPS) is 16.7. The minimum Gasteiger partial charge on any atom is -0.465 e. The van der Waals surface area contributed by atoms with Crippen molar-refractivity contribution >= 4 is 24.0 Å². The van der Waals surface area contributed by atoms with E-state index in [-0.39, 0.29) is 5.88 Å². The van der Waals surface area contributed by atoms with Crippen LogP contribution in [0.4, 0.5) is 4.79 Å². The van der Waals surface area contributed by atoms with Crippen LogP contribution in [-0.2, 0) is 11.2 Å². The number of halogens is 1. The molecule has 0 aromatic heterocycles. The number of aliphatic hydroxyl groups excluding tert-OH is 1. The Hall–Kier alpha value is -1.63. The van der Waals surface area contributed by atoms with Crippen LogP contribution in [0.1, 0.15) is 26.3 Å². The number of rotatable bonds is 8. The number of alkyl halides is 1. The number of aldehydes is 1. The maximum absolute atomic E-state index is 11.8. The Balaban J connectivity index is 3.15. The standard InChI is InChI=1S/C17H25ClN2O4/c1-16(2,3)17(11-21,20-15(23)24)19-13(14(22)10-18)9-12-7-5-4-6-8-12/h4-8,11,13-14,19-20,22H,9-10H2,1-3H3,(H,23,24)/t13-,14-,17+/m0/s1. The van der Waals surface area contributed by atoms with E-state index in [2.05, 4.69) is 10.6 Å². The van der Waals surface area contributed by atoms with Crippen molar-refractivity contribution in [2.45, 2.75) is 45.0 Å². The van der Waals surface area contributed by atoms with Gasteiger partial charge in [-0.05, 0) is 12.0 Å². The van der Waals surface area contributed by atoms with Crippen molar-refractivity contribution in [3.8, 4) is 0 Å². The number of carbonyl (C=O) groups excluding carboxylic acids is 1. The van der Waals surface area contributed by atoms with Crippen LogP contribution in [0.3, 0.4) is 0 Å². The third kappa shape index (κ3) is 5.19. The van der Waals surface area contributed by atoms with Gasteiger partial charge in [-0.25, -0.2) is 4.79 Å². The van der Waals surface area contributed by atoms with Gasteiger partial charge in [-0.1, -0.05) is 51.1 Å². The molecule has 1 aromatic rings. The lowest BCUT2D eigenvalue weighted by atomic mass is 9.80. The van der Waals surface area contributed by atoms with E-state index in [1.165, 1.54) is 0 Å². The lowest BCUT2D eigenvalue weighted by Crippen LogP contribution is -2.71. The largest absolute Gasteiger partial charge is 0.465 e. The highest BCUT2D eigenvalue weighted by molar-refractivity contribution is 6.18. The van der Waals surface area contributed by atoms with Crippen molar-refractivity contribution in [1.82, 2.24) is 10.6 Å². The van der Waals surface area contributed by atoms with Crippen LogP contribution in [0.25, 0.3) is 0 Å². The number of benzene rings is 1. The van der Waals surface area contributed by atoms with E-state index in [1.54, 1.807) is 20.8 Å². The Bertz CT molecular complexity index is 547. The second kappa shape index (κ2) is 8.46. The Morgan fingerprint density at radius 3 is 2.29 bits per heavy atom. The van der Waals surface area contributed by atoms with Gasteiger partial charge in [-0.2, -0.15) is 0 Å². The molecule has 0 heterocycles. The number of hydrogen-bond donors (Lipinski definition) is 4. The van der Waals surface area contributed by atoms with Gasteiger partial charge < -0.3 is 10.2 Å². The molecule has 7 heteroatoms. The average Bonchev–Trinajstić information content (AvgIpc) is 2.52. The van der Waals surface area contributed by atoms with E-state index in [0.717, 1.165) is 5.56 Å². The van der Waals surface area contributed by atoms with Crippen molar-refractivity contribution in [3.63, 3.8) is 0 Å². The fourth-order valence-electron chi connectivity index (χ4n) is 2.40. The molecule has 1 rings (SSSR count). The number of carbonyl (C=O) groups is 2. The first kappa shape index (κ1) is 20.4. The zero-order chi connectivity index (χ0) is 18.4. The lowest BCUT2D eigenvalue weighted by molar-refractivity contribution is -0.120. The number of carboxylic acid groups (broad SMARTS) is 1. The molecule has 4 N–H and O–H groups in total. The smallest absolute Gasteiger partial charge is 0.406 e. The minimum atomic E-state index is -1.56. The van der Waals surface area contributed by atoms with Gasteiger partial charge in [-0.15, -0.1) is 11.6 Å². The second-order valence-electron chi connectivity index (χ2n) is 6.77. The summed E-state index contributed by atoms with van der Waals surface area (Å²) in [5.41, 5.74) is -1.40. The Morgan fingerprint density at radius 1 is 1.29 bits per heavy atom. The zero-order valence-electron chi connectivity index (χ0n) is 14.1. The monoisotopic (exact) mass is 356 g/mol. The summed E-state index contributed by atoms with van der Waals surface area (Å²) in [6.07, 6.45) is -1.37. The molecule has 1 aromatic carbocycles. The van der Waals surface area contributed by atoms with Crippen molar-refractivity contribution in [2.75, 3.05) is 5.88 Å². The minimum absolute atomic E-state index is 0.0450. The summed E-state index contributed by atoms with van der Waals surface area (Å²) < 4.78 is 0.